The Kier molecular flexibility index (Phi) is 5.69. The van der Waals surface area contributed by atoms with Crippen molar-refractivity contribution in [3.63, 3.8) is 0 Å². The van der Waals surface area contributed by atoms with Crippen molar-refractivity contribution in [2.24, 2.45) is 0 Å². The number of carbonyl (C=O) groups excluding carboxylic acids is 1. The van der Waals surface area contributed by atoms with Crippen LogP contribution < -0.4 is 5.32 Å². The van der Waals surface area contributed by atoms with Crippen molar-refractivity contribution >= 4 is 17.0 Å². The third kappa shape index (κ3) is 4.97. The summed E-state index contributed by atoms with van der Waals surface area (Å²) in [6.45, 7) is 2.67. The second kappa shape index (κ2) is 7.84. The van der Waals surface area contributed by atoms with Gasteiger partial charge in [0.15, 0.2) is 0 Å². The minimum Gasteiger partial charge on any atom is -0.369 e. The van der Waals surface area contributed by atoms with E-state index in [-0.39, 0.29) is 17.9 Å². The third-order valence-corrected chi connectivity index (χ3v) is 4.61. The fourth-order valence-corrected chi connectivity index (χ4v) is 3.30. The zero-order valence-corrected chi connectivity index (χ0v) is 15.2. The van der Waals surface area contributed by atoms with Crippen molar-refractivity contribution in [1.82, 2.24) is 15.5 Å². The van der Waals surface area contributed by atoms with Crippen LogP contribution in [0.15, 0.2) is 16.8 Å². The van der Waals surface area contributed by atoms with Gasteiger partial charge in [-0.1, -0.05) is 19.0 Å². The summed E-state index contributed by atoms with van der Waals surface area (Å²) in [5.74, 6) is -0.196. The number of halogens is 3. The topological polar surface area (TPSA) is 77.2 Å². The molecule has 6 nitrogen and oxygen atoms in total. The molecule has 2 heterocycles. The van der Waals surface area contributed by atoms with Gasteiger partial charge < -0.3 is 14.6 Å². The molecule has 1 aliphatic rings. The van der Waals surface area contributed by atoms with Gasteiger partial charge in [0.1, 0.15) is 6.61 Å². The van der Waals surface area contributed by atoms with Crippen LogP contribution in [-0.2, 0) is 4.74 Å². The Balaban J connectivity index is 1.64. The Morgan fingerprint density at radius 3 is 2.89 bits per heavy atom. The number of hydrogen-bond donors (Lipinski definition) is 1. The summed E-state index contributed by atoms with van der Waals surface area (Å²) in [6.07, 6.45) is -1.10. The first-order valence-corrected chi connectivity index (χ1v) is 8.97. The normalized spacial score (nSPS) is 21.0. The van der Waals surface area contributed by atoms with E-state index in [0.29, 0.717) is 42.3 Å². The molecule has 0 spiro atoms. The molecule has 1 saturated carbocycles. The lowest BCUT2D eigenvalue weighted by molar-refractivity contribution is -0.188. The molecule has 9 heteroatoms. The maximum absolute atomic E-state index is 12.6. The van der Waals surface area contributed by atoms with Gasteiger partial charge in [-0.25, -0.2) is 4.98 Å². The fraction of sp³-hybridized carbons (Fsp3) is 0.611. The van der Waals surface area contributed by atoms with Crippen LogP contribution in [0.25, 0.3) is 11.1 Å². The molecule has 1 aliphatic carbocycles. The van der Waals surface area contributed by atoms with E-state index in [0.717, 1.165) is 5.69 Å². The summed E-state index contributed by atoms with van der Waals surface area (Å²) < 4.78 is 47.1. The van der Waals surface area contributed by atoms with Crippen LogP contribution in [0.3, 0.4) is 0 Å². The van der Waals surface area contributed by atoms with Crippen molar-refractivity contribution in [1.29, 1.82) is 0 Å². The molecule has 1 amide bonds. The van der Waals surface area contributed by atoms with Crippen LogP contribution in [0.1, 0.15) is 61.5 Å². The molecule has 2 aromatic heterocycles. The number of nitrogens with zero attached hydrogens (tertiary/aromatic N) is 2. The predicted molar refractivity (Wildman–Crippen MR) is 91.4 cm³/mol. The molecule has 0 aromatic carbocycles. The molecule has 3 rings (SSSR count). The molecule has 1 N–H and O–H groups in total. The highest BCUT2D eigenvalue weighted by Gasteiger charge is 2.31. The Bertz CT molecular complexity index is 804. The lowest BCUT2D eigenvalue weighted by atomic mass is 9.92. The first-order chi connectivity index (χ1) is 12.7. The third-order valence-electron chi connectivity index (χ3n) is 4.61. The number of pyridine rings is 1. The van der Waals surface area contributed by atoms with Gasteiger partial charge in [-0.05, 0) is 37.7 Å². The van der Waals surface area contributed by atoms with Gasteiger partial charge in [0.2, 0.25) is 0 Å². The standard InChI is InChI=1S/C18H22F3N3O3/c1-10(2)15-14-6-11(8-22-17(14)27-24-15)16(25)23-12-4-3-5-13(7-12)26-9-18(19,20)21/h6,8,10,12-13H,3-5,7,9H2,1-2H3,(H,23,25)/t12-,13+/m1/s1. The summed E-state index contributed by atoms with van der Waals surface area (Å²) in [7, 11) is 0. The highest BCUT2D eigenvalue weighted by atomic mass is 19.4. The number of ether oxygens (including phenoxy) is 1. The first-order valence-electron chi connectivity index (χ1n) is 8.97. The zero-order chi connectivity index (χ0) is 19.6. The van der Waals surface area contributed by atoms with E-state index in [1.807, 2.05) is 13.8 Å². The maximum Gasteiger partial charge on any atom is 0.411 e. The largest absolute Gasteiger partial charge is 0.411 e. The molecule has 27 heavy (non-hydrogen) atoms. The van der Waals surface area contributed by atoms with E-state index in [9.17, 15) is 18.0 Å². The molecule has 0 radical (unpaired) electrons. The molecular weight excluding hydrogens is 363 g/mol. The summed E-state index contributed by atoms with van der Waals surface area (Å²) in [5.41, 5.74) is 1.46. The fourth-order valence-electron chi connectivity index (χ4n) is 3.30. The van der Waals surface area contributed by atoms with Crippen molar-refractivity contribution in [2.75, 3.05) is 6.61 Å². The number of fused-ring (bicyclic) bond motifs is 1. The minimum atomic E-state index is -4.34. The predicted octanol–water partition coefficient (Wildman–Crippen LogP) is 3.97. The van der Waals surface area contributed by atoms with Gasteiger partial charge in [0, 0.05) is 12.2 Å². The minimum absolute atomic E-state index is 0.122. The molecule has 148 valence electrons. The monoisotopic (exact) mass is 385 g/mol. The van der Waals surface area contributed by atoms with Gasteiger partial charge >= 0.3 is 6.18 Å². The summed E-state index contributed by atoms with van der Waals surface area (Å²) in [6, 6.07) is 1.46. The van der Waals surface area contributed by atoms with Crippen molar-refractivity contribution in [2.45, 2.75) is 63.8 Å². The van der Waals surface area contributed by atoms with Crippen molar-refractivity contribution in [3.8, 4) is 0 Å². The quantitative estimate of drug-likeness (QED) is 0.843. The van der Waals surface area contributed by atoms with E-state index in [1.165, 1.54) is 6.20 Å². The Morgan fingerprint density at radius 2 is 2.19 bits per heavy atom. The molecule has 0 bridgehead atoms. The van der Waals surface area contributed by atoms with Crippen LogP contribution in [0.5, 0.6) is 0 Å². The van der Waals surface area contributed by atoms with Gasteiger partial charge in [-0.2, -0.15) is 13.2 Å². The molecular formula is C18H22F3N3O3. The molecule has 2 aromatic rings. The van der Waals surface area contributed by atoms with Crippen LogP contribution in [0.2, 0.25) is 0 Å². The number of nitrogens with one attached hydrogen (secondary N) is 1. The lowest BCUT2D eigenvalue weighted by Crippen LogP contribution is -2.41. The highest BCUT2D eigenvalue weighted by molar-refractivity contribution is 5.97. The summed E-state index contributed by atoms with van der Waals surface area (Å²) >= 11 is 0. The van der Waals surface area contributed by atoms with Gasteiger partial charge in [-0.3, -0.25) is 4.79 Å². The van der Waals surface area contributed by atoms with Crippen molar-refractivity contribution < 1.29 is 27.2 Å². The second-order valence-corrected chi connectivity index (χ2v) is 7.18. The molecule has 1 fully saturated rings. The Morgan fingerprint density at radius 1 is 1.41 bits per heavy atom. The summed E-state index contributed by atoms with van der Waals surface area (Å²) in [4.78, 5) is 16.7. The molecule has 0 aliphatic heterocycles. The second-order valence-electron chi connectivity index (χ2n) is 7.18. The van der Waals surface area contributed by atoms with E-state index < -0.39 is 18.9 Å². The maximum atomic E-state index is 12.6. The van der Waals surface area contributed by atoms with E-state index in [2.05, 4.69) is 15.5 Å². The average Bonchev–Trinajstić information content (AvgIpc) is 3.03. The first kappa shape index (κ1) is 19.6. The molecule has 0 unspecified atom stereocenters. The Hall–Kier alpha value is -2.16. The van der Waals surface area contributed by atoms with Crippen LogP contribution in [-0.4, -0.2) is 41.0 Å². The van der Waals surface area contributed by atoms with E-state index in [1.54, 1.807) is 6.07 Å². The number of alkyl halides is 3. The van der Waals surface area contributed by atoms with Crippen molar-refractivity contribution in [3.05, 3.63) is 23.5 Å². The van der Waals surface area contributed by atoms with E-state index in [4.69, 9.17) is 9.26 Å². The number of rotatable bonds is 5. The SMILES string of the molecule is CC(C)c1noc2ncc(C(=O)N[C@@H]3CCC[C@H](OCC(F)(F)F)C3)cc12. The van der Waals surface area contributed by atoms with Gasteiger partial charge in [-0.15, -0.1) is 0 Å². The lowest BCUT2D eigenvalue weighted by Gasteiger charge is -2.30. The Labute approximate surface area is 154 Å². The number of aromatic nitrogens is 2. The van der Waals surface area contributed by atoms with Crippen LogP contribution >= 0.6 is 0 Å². The number of carbonyl (C=O) groups is 1. The number of amides is 1. The van der Waals surface area contributed by atoms with E-state index >= 15 is 0 Å². The summed E-state index contributed by atoms with van der Waals surface area (Å²) in [5, 5.41) is 7.55. The van der Waals surface area contributed by atoms with Gasteiger partial charge in [0.25, 0.3) is 11.6 Å². The van der Waals surface area contributed by atoms with Crippen LogP contribution in [0, 0.1) is 0 Å². The average molecular weight is 385 g/mol. The molecule has 2 atom stereocenters. The molecule has 0 saturated heterocycles. The highest BCUT2D eigenvalue weighted by Crippen LogP contribution is 2.26. The number of hydrogen-bond acceptors (Lipinski definition) is 5. The zero-order valence-electron chi connectivity index (χ0n) is 15.2. The van der Waals surface area contributed by atoms with Gasteiger partial charge in [0.05, 0.1) is 22.7 Å². The smallest absolute Gasteiger partial charge is 0.369 e. The van der Waals surface area contributed by atoms with Crippen LogP contribution in [0.4, 0.5) is 13.2 Å².